The lowest BCUT2D eigenvalue weighted by Gasteiger charge is -2.21. The number of hydrogen-bond acceptors (Lipinski definition) is 3. The van der Waals surface area contributed by atoms with Crippen LogP contribution in [0.2, 0.25) is 0 Å². The Kier molecular flexibility index (Phi) is 4.43. The Bertz CT molecular complexity index is 417. The SMILES string of the molecule is CCC(O)Cc1c(C2CNBO2)ccc(C)c1C. The van der Waals surface area contributed by atoms with Crippen molar-refractivity contribution in [3.63, 3.8) is 0 Å². The van der Waals surface area contributed by atoms with Crippen molar-refractivity contribution in [3.8, 4) is 0 Å². The van der Waals surface area contributed by atoms with Crippen LogP contribution in [0.15, 0.2) is 12.1 Å². The second-order valence-electron chi connectivity index (χ2n) is 5.10. The second-order valence-corrected chi connectivity index (χ2v) is 5.10. The van der Waals surface area contributed by atoms with E-state index < -0.39 is 0 Å². The molecule has 1 heterocycles. The van der Waals surface area contributed by atoms with Crippen molar-refractivity contribution in [2.75, 3.05) is 6.54 Å². The van der Waals surface area contributed by atoms with E-state index in [4.69, 9.17) is 4.65 Å². The summed E-state index contributed by atoms with van der Waals surface area (Å²) in [6.45, 7) is 7.13. The van der Waals surface area contributed by atoms with Crippen molar-refractivity contribution in [3.05, 3.63) is 34.4 Å². The Morgan fingerprint density at radius 3 is 2.89 bits per heavy atom. The highest BCUT2D eigenvalue weighted by Gasteiger charge is 2.23. The Labute approximate surface area is 110 Å². The van der Waals surface area contributed by atoms with Gasteiger partial charge in [0.2, 0.25) is 0 Å². The molecular formula is C14H22BNO2. The largest absolute Gasteiger partial charge is 0.416 e. The van der Waals surface area contributed by atoms with E-state index in [1.54, 1.807) is 0 Å². The minimum Gasteiger partial charge on any atom is -0.416 e. The molecule has 0 radical (unpaired) electrons. The molecule has 98 valence electrons. The summed E-state index contributed by atoms with van der Waals surface area (Å²) in [4.78, 5) is 0. The van der Waals surface area contributed by atoms with Gasteiger partial charge < -0.3 is 15.0 Å². The number of rotatable bonds is 4. The molecule has 2 N–H and O–H groups in total. The van der Waals surface area contributed by atoms with Gasteiger partial charge >= 0.3 is 7.62 Å². The molecule has 2 unspecified atom stereocenters. The lowest BCUT2D eigenvalue weighted by molar-refractivity contribution is 0.169. The quantitative estimate of drug-likeness (QED) is 0.793. The second kappa shape index (κ2) is 5.87. The van der Waals surface area contributed by atoms with Gasteiger partial charge in [-0.2, -0.15) is 0 Å². The molecular weight excluding hydrogens is 225 g/mol. The van der Waals surface area contributed by atoms with Crippen LogP contribution in [0.1, 0.15) is 41.7 Å². The van der Waals surface area contributed by atoms with Crippen molar-refractivity contribution in [1.29, 1.82) is 0 Å². The highest BCUT2D eigenvalue weighted by atomic mass is 16.5. The number of aryl methyl sites for hydroxylation is 1. The predicted octanol–water partition coefficient (Wildman–Crippen LogP) is 1.54. The van der Waals surface area contributed by atoms with Gasteiger partial charge in [-0.3, -0.25) is 0 Å². The minimum absolute atomic E-state index is 0.128. The normalized spacial score (nSPS) is 20.8. The zero-order chi connectivity index (χ0) is 13.1. The summed E-state index contributed by atoms with van der Waals surface area (Å²) < 4.78 is 5.70. The van der Waals surface area contributed by atoms with Gasteiger partial charge in [0.15, 0.2) is 0 Å². The van der Waals surface area contributed by atoms with Gasteiger partial charge in [-0.25, -0.2) is 0 Å². The van der Waals surface area contributed by atoms with Crippen LogP contribution in [-0.2, 0) is 11.1 Å². The Balaban J connectivity index is 2.35. The number of hydrogen-bond donors (Lipinski definition) is 2. The standard InChI is InChI=1S/C14H22BNO2/c1-4-11(17)7-13-10(3)9(2)5-6-12(13)14-8-16-15-18-14/h5-6,11,14-17H,4,7-8H2,1-3H3. The third-order valence-corrected chi connectivity index (χ3v) is 3.88. The molecule has 1 aromatic rings. The molecule has 1 aromatic carbocycles. The topological polar surface area (TPSA) is 41.5 Å². The number of benzene rings is 1. The molecule has 2 rings (SSSR count). The third kappa shape index (κ3) is 2.77. The van der Waals surface area contributed by atoms with Crippen molar-refractivity contribution < 1.29 is 9.76 Å². The first-order valence-corrected chi connectivity index (χ1v) is 6.72. The van der Waals surface area contributed by atoms with Crippen LogP contribution < -0.4 is 5.23 Å². The van der Waals surface area contributed by atoms with E-state index in [0.717, 1.165) is 19.4 Å². The Hall–Kier alpha value is -0.835. The molecule has 0 bridgehead atoms. The lowest BCUT2D eigenvalue weighted by Crippen LogP contribution is -2.15. The van der Waals surface area contributed by atoms with Crippen LogP contribution in [0.4, 0.5) is 0 Å². The smallest absolute Gasteiger partial charge is 0.361 e. The Morgan fingerprint density at radius 1 is 1.50 bits per heavy atom. The van der Waals surface area contributed by atoms with E-state index in [0.29, 0.717) is 7.62 Å². The summed E-state index contributed by atoms with van der Waals surface area (Å²) in [7, 11) is 0.618. The first kappa shape index (κ1) is 13.6. The molecule has 4 heteroatoms. The van der Waals surface area contributed by atoms with E-state index in [2.05, 4.69) is 31.2 Å². The van der Waals surface area contributed by atoms with E-state index in [1.165, 1.54) is 22.3 Å². The minimum atomic E-state index is -0.265. The highest BCUT2D eigenvalue weighted by Crippen LogP contribution is 2.28. The fourth-order valence-electron chi connectivity index (χ4n) is 2.46. The van der Waals surface area contributed by atoms with E-state index >= 15 is 0 Å². The number of nitrogens with one attached hydrogen (secondary N) is 1. The Morgan fingerprint density at radius 2 is 2.28 bits per heavy atom. The van der Waals surface area contributed by atoms with Gasteiger partial charge in [-0.15, -0.1) is 0 Å². The molecule has 0 aliphatic carbocycles. The lowest BCUT2D eigenvalue weighted by atomic mass is 9.90. The van der Waals surface area contributed by atoms with E-state index in [1.807, 2.05) is 6.92 Å². The summed E-state index contributed by atoms with van der Waals surface area (Å²) in [5, 5.41) is 13.2. The molecule has 1 saturated heterocycles. The molecule has 0 spiro atoms. The molecule has 1 aliphatic rings. The van der Waals surface area contributed by atoms with Crippen LogP contribution in [0.3, 0.4) is 0 Å². The molecule has 18 heavy (non-hydrogen) atoms. The van der Waals surface area contributed by atoms with Gasteiger partial charge in [0.25, 0.3) is 0 Å². The molecule has 0 saturated carbocycles. The predicted molar refractivity (Wildman–Crippen MR) is 74.9 cm³/mol. The van der Waals surface area contributed by atoms with E-state index in [9.17, 15) is 5.11 Å². The highest BCUT2D eigenvalue weighted by molar-refractivity contribution is 6.24. The van der Waals surface area contributed by atoms with Crippen LogP contribution in [0.5, 0.6) is 0 Å². The molecule has 0 aromatic heterocycles. The molecule has 1 aliphatic heterocycles. The summed E-state index contributed by atoms with van der Waals surface area (Å²) in [5.74, 6) is 0. The summed E-state index contributed by atoms with van der Waals surface area (Å²) in [6, 6.07) is 4.30. The van der Waals surface area contributed by atoms with Crippen molar-refractivity contribution in [2.24, 2.45) is 0 Å². The monoisotopic (exact) mass is 247 g/mol. The van der Waals surface area contributed by atoms with Crippen LogP contribution in [-0.4, -0.2) is 25.4 Å². The molecule has 0 amide bonds. The average Bonchev–Trinajstić information content (AvgIpc) is 2.88. The molecule has 3 nitrogen and oxygen atoms in total. The van der Waals surface area contributed by atoms with Crippen LogP contribution >= 0.6 is 0 Å². The van der Waals surface area contributed by atoms with Crippen LogP contribution in [0.25, 0.3) is 0 Å². The number of aliphatic hydroxyl groups is 1. The van der Waals surface area contributed by atoms with Gasteiger partial charge in [0, 0.05) is 6.54 Å². The summed E-state index contributed by atoms with van der Waals surface area (Å²) in [5.41, 5.74) is 5.06. The number of aliphatic hydroxyl groups excluding tert-OH is 1. The molecule has 1 fully saturated rings. The van der Waals surface area contributed by atoms with Gasteiger partial charge in [0.1, 0.15) is 0 Å². The maximum Gasteiger partial charge on any atom is 0.361 e. The van der Waals surface area contributed by atoms with Gasteiger partial charge in [-0.1, -0.05) is 19.1 Å². The fourth-order valence-corrected chi connectivity index (χ4v) is 2.46. The van der Waals surface area contributed by atoms with Crippen LogP contribution in [0, 0.1) is 13.8 Å². The van der Waals surface area contributed by atoms with E-state index in [-0.39, 0.29) is 12.2 Å². The van der Waals surface area contributed by atoms with Crippen molar-refractivity contribution in [1.82, 2.24) is 5.23 Å². The first-order chi connectivity index (χ1) is 8.63. The zero-order valence-electron chi connectivity index (χ0n) is 11.5. The summed E-state index contributed by atoms with van der Waals surface area (Å²) in [6.07, 6.45) is 1.37. The first-order valence-electron chi connectivity index (χ1n) is 6.72. The zero-order valence-corrected chi connectivity index (χ0v) is 11.5. The fraction of sp³-hybridized carbons (Fsp3) is 0.571. The molecule has 2 atom stereocenters. The third-order valence-electron chi connectivity index (χ3n) is 3.88. The maximum absolute atomic E-state index is 9.94. The van der Waals surface area contributed by atoms with Crippen molar-refractivity contribution >= 4 is 7.62 Å². The average molecular weight is 247 g/mol. The summed E-state index contributed by atoms with van der Waals surface area (Å²) >= 11 is 0. The van der Waals surface area contributed by atoms with Crippen molar-refractivity contribution in [2.45, 2.75) is 45.8 Å². The van der Waals surface area contributed by atoms with Gasteiger partial charge in [0.05, 0.1) is 12.2 Å². The maximum atomic E-state index is 9.94. The van der Waals surface area contributed by atoms with Gasteiger partial charge in [-0.05, 0) is 48.9 Å².